The molecule has 2 aromatic rings. The molecule has 0 radical (unpaired) electrons. The normalized spacial score (nSPS) is 11.2. The van der Waals surface area contributed by atoms with Gasteiger partial charge < -0.3 is 10.6 Å². The molecule has 0 aliphatic rings. The van der Waals surface area contributed by atoms with Crippen molar-refractivity contribution in [3.8, 4) is 6.07 Å². The third kappa shape index (κ3) is 4.42. The molecule has 0 spiro atoms. The molecule has 0 atom stereocenters. The summed E-state index contributed by atoms with van der Waals surface area (Å²) in [5.74, 6) is -4.80. The Hall–Kier alpha value is -3.27. The van der Waals surface area contributed by atoms with E-state index >= 15 is 0 Å². The Balaban J connectivity index is 2.12. The molecule has 0 aromatic heterocycles. The minimum atomic E-state index is -1.64. The molecular formula is C19H16F3N3O. The van der Waals surface area contributed by atoms with Gasteiger partial charge in [-0.05, 0) is 35.7 Å². The van der Waals surface area contributed by atoms with E-state index in [1.807, 2.05) is 26.0 Å². The van der Waals surface area contributed by atoms with Gasteiger partial charge in [0.25, 0.3) is 5.91 Å². The number of anilines is 2. The first-order valence-electron chi connectivity index (χ1n) is 7.75. The molecule has 2 N–H and O–H groups in total. The summed E-state index contributed by atoms with van der Waals surface area (Å²) in [5.41, 5.74) is 0.821. The number of rotatable bonds is 5. The molecule has 0 unspecified atom stereocenters. The third-order valence-electron chi connectivity index (χ3n) is 3.61. The highest BCUT2D eigenvalue weighted by atomic mass is 19.2. The van der Waals surface area contributed by atoms with Crippen molar-refractivity contribution in [3.63, 3.8) is 0 Å². The van der Waals surface area contributed by atoms with Crippen LogP contribution >= 0.6 is 0 Å². The van der Waals surface area contributed by atoms with Gasteiger partial charge in [0.15, 0.2) is 17.5 Å². The van der Waals surface area contributed by atoms with E-state index in [9.17, 15) is 18.0 Å². The number of nitriles is 1. The number of benzene rings is 2. The van der Waals surface area contributed by atoms with Gasteiger partial charge in [0, 0.05) is 11.9 Å². The lowest BCUT2D eigenvalue weighted by Gasteiger charge is -2.08. The molecule has 134 valence electrons. The van der Waals surface area contributed by atoms with Crippen molar-refractivity contribution in [2.45, 2.75) is 19.8 Å². The van der Waals surface area contributed by atoms with Crippen LogP contribution in [0.25, 0.3) is 0 Å². The van der Waals surface area contributed by atoms with E-state index in [1.165, 1.54) is 0 Å². The summed E-state index contributed by atoms with van der Waals surface area (Å²) < 4.78 is 39.7. The summed E-state index contributed by atoms with van der Waals surface area (Å²) in [4.78, 5) is 12.1. The van der Waals surface area contributed by atoms with Crippen molar-refractivity contribution in [3.05, 3.63) is 71.2 Å². The molecule has 0 bridgehead atoms. The van der Waals surface area contributed by atoms with Crippen molar-refractivity contribution in [2.24, 2.45) is 0 Å². The topological polar surface area (TPSA) is 64.9 Å². The van der Waals surface area contributed by atoms with Gasteiger partial charge >= 0.3 is 0 Å². The Morgan fingerprint density at radius 2 is 1.73 bits per heavy atom. The molecule has 0 fully saturated rings. The maximum Gasteiger partial charge on any atom is 0.267 e. The highest BCUT2D eigenvalue weighted by Gasteiger charge is 2.14. The van der Waals surface area contributed by atoms with E-state index in [4.69, 9.17) is 5.26 Å². The van der Waals surface area contributed by atoms with E-state index < -0.39 is 29.0 Å². The molecular weight excluding hydrogens is 343 g/mol. The van der Waals surface area contributed by atoms with Crippen LogP contribution in [-0.2, 0) is 4.79 Å². The average molecular weight is 359 g/mol. The number of amides is 1. The maximum absolute atomic E-state index is 13.6. The lowest BCUT2D eigenvalue weighted by molar-refractivity contribution is -0.112. The Labute approximate surface area is 149 Å². The largest absolute Gasteiger partial charge is 0.358 e. The van der Waals surface area contributed by atoms with E-state index in [2.05, 4.69) is 10.6 Å². The van der Waals surface area contributed by atoms with Crippen LogP contribution in [0.4, 0.5) is 24.5 Å². The van der Waals surface area contributed by atoms with Crippen LogP contribution < -0.4 is 10.6 Å². The summed E-state index contributed by atoms with van der Waals surface area (Å²) in [6, 6.07) is 10.5. The van der Waals surface area contributed by atoms with Crippen molar-refractivity contribution < 1.29 is 18.0 Å². The molecule has 0 aliphatic carbocycles. The number of hydrogen-bond acceptors (Lipinski definition) is 3. The molecule has 1 amide bonds. The van der Waals surface area contributed by atoms with Gasteiger partial charge in [0.05, 0.1) is 5.69 Å². The molecule has 0 saturated carbocycles. The third-order valence-corrected chi connectivity index (χ3v) is 3.61. The minimum absolute atomic E-state index is 0.338. The van der Waals surface area contributed by atoms with Crippen LogP contribution in [0.3, 0.4) is 0 Å². The zero-order valence-corrected chi connectivity index (χ0v) is 14.1. The molecule has 2 aromatic carbocycles. The van der Waals surface area contributed by atoms with Crippen LogP contribution in [-0.4, -0.2) is 5.91 Å². The van der Waals surface area contributed by atoms with Crippen LogP contribution in [0.15, 0.2) is 48.2 Å². The van der Waals surface area contributed by atoms with Gasteiger partial charge in [0.2, 0.25) is 0 Å². The van der Waals surface area contributed by atoms with Crippen LogP contribution in [0.5, 0.6) is 0 Å². The first-order valence-corrected chi connectivity index (χ1v) is 7.75. The number of carbonyl (C=O) groups is 1. The summed E-state index contributed by atoms with van der Waals surface area (Å²) in [6.45, 7) is 4.07. The van der Waals surface area contributed by atoms with Crippen molar-refractivity contribution in [2.75, 3.05) is 10.6 Å². The first-order chi connectivity index (χ1) is 12.3. The second kappa shape index (κ2) is 8.21. The molecule has 0 aliphatic heterocycles. The molecule has 4 nitrogen and oxygen atoms in total. The highest BCUT2D eigenvalue weighted by Crippen LogP contribution is 2.20. The second-order valence-corrected chi connectivity index (χ2v) is 5.77. The maximum atomic E-state index is 13.6. The van der Waals surface area contributed by atoms with Gasteiger partial charge in [-0.1, -0.05) is 26.0 Å². The number of nitrogens with one attached hydrogen (secondary N) is 2. The smallest absolute Gasteiger partial charge is 0.267 e. The second-order valence-electron chi connectivity index (χ2n) is 5.77. The van der Waals surface area contributed by atoms with Gasteiger partial charge in [0.1, 0.15) is 11.6 Å². The van der Waals surface area contributed by atoms with Crippen LogP contribution in [0.2, 0.25) is 0 Å². The van der Waals surface area contributed by atoms with Crippen LogP contribution in [0, 0.1) is 28.8 Å². The van der Waals surface area contributed by atoms with Crippen molar-refractivity contribution >= 4 is 17.3 Å². The zero-order valence-electron chi connectivity index (χ0n) is 14.1. The zero-order chi connectivity index (χ0) is 19.3. The van der Waals surface area contributed by atoms with E-state index in [0.29, 0.717) is 11.6 Å². The molecule has 0 saturated heterocycles. The monoisotopic (exact) mass is 359 g/mol. The van der Waals surface area contributed by atoms with Gasteiger partial charge in [-0.25, -0.2) is 13.2 Å². The van der Waals surface area contributed by atoms with Crippen LogP contribution in [0.1, 0.15) is 25.3 Å². The number of hydrogen-bond donors (Lipinski definition) is 2. The summed E-state index contributed by atoms with van der Waals surface area (Å²) in [7, 11) is 0. The average Bonchev–Trinajstić information content (AvgIpc) is 2.62. The van der Waals surface area contributed by atoms with E-state index in [0.717, 1.165) is 23.9 Å². The lowest BCUT2D eigenvalue weighted by Crippen LogP contribution is -2.14. The molecule has 2 rings (SSSR count). The summed E-state index contributed by atoms with van der Waals surface area (Å²) >= 11 is 0. The number of carbonyl (C=O) groups excluding carboxylic acids is 1. The minimum Gasteiger partial charge on any atom is -0.358 e. The SMILES string of the molecule is CC(C)c1ccc(NC(=O)/C(C#N)=C\Nc2ccc(F)c(F)c2F)cc1. The molecule has 0 heterocycles. The van der Waals surface area contributed by atoms with E-state index in [-0.39, 0.29) is 5.57 Å². The Morgan fingerprint density at radius 3 is 2.31 bits per heavy atom. The predicted molar refractivity (Wildman–Crippen MR) is 92.8 cm³/mol. The Morgan fingerprint density at radius 1 is 1.08 bits per heavy atom. The van der Waals surface area contributed by atoms with Gasteiger partial charge in [-0.2, -0.15) is 5.26 Å². The highest BCUT2D eigenvalue weighted by molar-refractivity contribution is 6.06. The summed E-state index contributed by atoms with van der Waals surface area (Å²) in [6.07, 6.45) is 0.924. The number of nitrogens with zero attached hydrogens (tertiary/aromatic N) is 1. The quantitative estimate of drug-likeness (QED) is 0.463. The molecule has 26 heavy (non-hydrogen) atoms. The Kier molecular flexibility index (Phi) is 6.02. The predicted octanol–water partition coefficient (Wildman–Crippen LogP) is 4.69. The fraction of sp³-hybridized carbons (Fsp3) is 0.158. The fourth-order valence-electron chi connectivity index (χ4n) is 2.09. The van der Waals surface area contributed by atoms with Crippen molar-refractivity contribution in [1.82, 2.24) is 0 Å². The lowest BCUT2D eigenvalue weighted by atomic mass is 10.0. The van der Waals surface area contributed by atoms with Crippen molar-refractivity contribution in [1.29, 1.82) is 5.26 Å². The van der Waals surface area contributed by atoms with E-state index in [1.54, 1.807) is 18.2 Å². The van der Waals surface area contributed by atoms with Gasteiger partial charge in [-0.15, -0.1) is 0 Å². The molecule has 7 heteroatoms. The standard InChI is InChI=1S/C19H16F3N3O/c1-11(2)12-3-5-14(6-4-12)25-19(26)13(9-23)10-24-16-8-7-15(20)17(21)18(16)22/h3-8,10-11,24H,1-2H3,(H,25,26)/b13-10-. The first kappa shape index (κ1) is 19.1. The number of halogens is 3. The fourth-order valence-corrected chi connectivity index (χ4v) is 2.09. The summed E-state index contributed by atoms with van der Waals surface area (Å²) in [5, 5.41) is 13.9. The van der Waals surface area contributed by atoms with Gasteiger partial charge in [-0.3, -0.25) is 4.79 Å². The Bertz CT molecular complexity index is 884.